The smallest absolute Gasteiger partial charge is 0.266 e. The number of ether oxygens (including phenoxy) is 2. The topological polar surface area (TPSA) is 92.2 Å². The van der Waals surface area contributed by atoms with E-state index < -0.39 is 11.6 Å². The van der Waals surface area contributed by atoms with Crippen molar-refractivity contribution in [1.29, 1.82) is 0 Å². The lowest BCUT2D eigenvalue weighted by molar-refractivity contribution is -0.130. The molecule has 0 aliphatic carbocycles. The molecule has 0 bridgehead atoms. The minimum Gasteiger partial charge on any atom is -0.494 e. The number of rotatable bonds is 14. The first-order valence-corrected chi connectivity index (χ1v) is 17.0. The number of halogens is 2. The van der Waals surface area contributed by atoms with Crippen molar-refractivity contribution in [3.63, 3.8) is 0 Å². The highest BCUT2D eigenvalue weighted by molar-refractivity contribution is 9.10. The maximum absolute atomic E-state index is 14.5. The number of aliphatic hydroxyl groups is 1. The molecule has 49 heavy (non-hydrogen) atoms. The first-order chi connectivity index (χ1) is 23.9. The van der Waals surface area contributed by atoms with Crippen LogP contribution in [0.5, 0.6) is 5.75 Å². The largest absolute Gasteiger partial charge is 0.494 e. The number of hydrogen-bond acceptors (Lipinski definition) is 6. The first kappa shape index (κ1) is 34.0. The van der Waals surface area contributed by atoms with E-state index in [0.717, 1.165) is 32.3 Å². The Balaban J connectivity index is 1.34. The Labute approximate surface area is 293 Å². The standard InChI is InChI=1S/C40H37BrFN3O4/c41-34-17-7-29(8-18-34)27-40(39(47)45-43-24-23-28-9-19-35(42)20-10-28)37(32-13-11-31(12-14-32)30-5-2-1-3-6-30)49-38(44-40)33-15-21-36(22-16-33)48-26-4-25-46/h1-3,5-22,37,43,46H,4,23-27H2,(H,45,47)/t37-,40-/m0/s1. The summed E-state index contributed by atoms with van der Waals surface area (Å²) in [5, 5.41) is 9.10. The quantitative estimate of drug-likeness (QED) is 0.0823. The van der Waals surface area contributed by atoms with Gasteiger partial charge in [0, 0.05) is 36.0 Å². The van der Waals surface area contributed by atoms with Crippen molar-refractivity contribution in [3.8, 4) is 16.9 Å². The molecule has 6 rings (SSSR count). The fourth-order valence-electron chi connectivity index (χ4n) is 5.79. The fourth-order valence-corrected chi connectivity index (χ4v) is 6.05. The van der Waals surface area contributed by atoms with Crippen molar-refractivity contribution in [2.45, 2.75) is 30.9 Å². The molecule has 1 aliphatic rings. The Morgan fingerprint density at radius 3 is 2.18 bits per heavy atom. The number of aliphatic imine (C=N–C) groups is 1. The molecule has 2 atom stereocenters. The van der Waals surface area contributed by atoms with Crippen molar-refractivity contribution in [2.24, 2.45) is 4.99 Å². The molecular formula is C40H37BrFN3O4. The van der Waals surface area contributed by atoms with Crippen LogP contribution in [-0.2, 0) is 22.4 Å². The van der Waals surface area contributed by atoms with E-state index in [0.29, 0.717) is 43.2 Å². The molecule has 0 spiro atoms. The maximum atomic E-state index is 14.5. The lowest BCUT2D eigenvalue weighted by atomic mass is 9.82. The van der Waals surface area contributed by atoms with Crippen molar-refractivity contribution in [3.05, 3.63) is 160 Å². The van der Waals surface area contributed by atoms with Crippen LogP contribution in [0.4, 0.5) is 4.39 Å². The van der Waals surface area contributed by atoms with Crippen LogP contribution in [0.1, 0.15) is 34.8 Å². The molecule has 1 heterocycles. The summed E-state index contributed by atoms with van der Waals surface area (Å²) in [5.41, 5.74) is 10.1. The zero-order valence-electron chi connectivity index (χ0n) is 26.8. The number of nitrogens with zero attached hydrogens (tertiary/aromatic N) is 1. The number of benzene rings is 5. The minimum atomic E-state index is -1.38. The van der Waals surface area contributed by atoms with E-state index >= 15 is 0 Å². The highest BCUT2D eigenvalue weighted by Gasteiger charge is 2.53. The summed E-state index contributed by atoms with van der Waals surface area (Å²) in [6.07, 6.45) is 0.634. The Hall–Kier alpha value is -4.83. The predicted octanol–water partition coefficient (Wildman–Crippen LogP) is 7.38. The third-order valence-corrected chi connectivity index (χ3v) is 8.92. The maximum Gasteiger partial charge on any atom is 0.266 e. The SMILES string of the molecule is O=C(NNCCc1ccc(F)cc1)[C@@]1(Cc2ccc(Br)cc2)N=C(c2ccc(OCCCO)cc2)O[C@H]1c1ccc(-c2ccccc2)cc1. The lowest BCUT2D eigenvalue weighted by Crippen LogP contribution is -2.54. The average Bonchev–Trinajstić information content (AvgIpc) is 3.53. The number of hydrogen-bond donors (Lipinski definition) is 3. The molecule has 7 nitrogen and oxygen atoms in total. The summed E-state index contributed by atoms with van der Waals surface area (Å²) < 4.78 is 26.7. The molecule has 0 saturated heterocycles. The van der Waals surface area contributed by atoms with Gasteiger partial charge in [0.1, 0.15) is 11.6 Å². The van der Waals surface area contributed by atoms with Gasteiger partial charge in [-0.2, -0.15) is 0 Å². The molecule has 1 amide bonds. The van der Waals surface area contributed by atoms with E-state index in [-0.39, 0.29) is 24.8 Å². The number of carbonyl (C=O) groups is 1. The third-order valence-electron chi connectivity index (χ3n) is 8.39. The molecule has 0 radical (unpaired) electrons. The number of hydrazine groups is 1. The van der Waals surface area contributed by atoms with Gasteiger partial charge in [0.25, 0.3) is 5.91 Å². The van der Waals surface area contributed by atoms with Crippen LogP contribution in [-0.4, -0.2) is 42.2 Å². The van der Waals surface area contributed by atoms with Crippen molar-refractivity contribution in [1.82, 2.24) is 10.9 Å². The average molecular weight is 723 g/mol. The second-order valence-electron chi connectivity index (χ2n) is 11.8. The van der Waals surface area contributed by atoms with Crippen LogP contribution in [0, 0.1) is 5.82 Å². The summed E-state index contributed by atoms with van der Waals surface area (Å²) >= 11 is 3.52. The van der Waals surface area contributed by atoms with E-state index in [9.17, 15) is 9.18 Å². The number of carbonyl (C=O) groups excluding carboxylic acids is 1. The van der Waals surface area contributed by atoms with Crippen LogP contribution < -0.4 is 15.6 Å². The predicted molar refractivity (Wildman–Crippen MR) is 193 cm³/mol. The van der Waals surface area contributed by atoms with Gasteiger partial charge in [-0.25, -0.2) is 14.8 Å². The van der Waals surface area contributed by atoms with Crippen molar-refractivity contribution < 1.29 is 23.8 Å². The fraction of sp³-hybridized carbons (Fsp3) is 0.200. The van der Waals surface area contributed by atoms with Crippen molar-refractivity contribution >= 4 is 27.7 Å². The van der Waals surface area contributed by atoms with Gasteiger partial charge in [-0.15, -0.1) is 0 Å². The van der Waals surface area contributed by atoms with E-state index in [1.807, 2.05) is 91.0 Å². The number of amides is 1. The molecule has 0 saturated carbocycles. The van der Waals surface area contributed by atoms with E-state index in [1.165, 1.54) is 12.1 Å². The van der Waals surface area contributed by atoms with Gasteiger partial charge in [0.15, 0.2) is 11.6 Å². The normalized spacial score (nSPS) is 16.9. The van der Waals surface area contributed by atoms with E-state index in [1.54, 1.807) is 12.1 Å². The van der Waals surface area contributed by atoms with Crippen LogP contribution >= 0.6 is 15.9 Å². The zero-order chi connectivity index (χ0) is 34.1. The highest BCUT2D eigenvalue weighted by atomic mass is 79.9. The highest BCUT2D eigenvalue weighted by Crippen LogP contribution is 2.43. The van der Waals surface area contributed by atoms with Crippen molar-refractivity contribution in [2.75, 3.05) is 19.8 Å². The molecule has 5 aromatic rings. The Bertz CT molecular complexity index is 1850. The number of nitrogens with one attached hydrogen (secondary N) is 2. The van der Waals surface area contributed by atoms with Gasteiger partial charge in [0.05, 0.1) is 6.61 Å². The summed E-state index contributed by atoms with van der Waals surface area (Å²) in [7, 11) is 0. The molecule has 3 N–H and O–H groups in total. The summed E-state index contributed by atoms with van der Waals surface area (Å²) in [5.74, 6) is 0.373. The molecular weight excluding hydrogens is 685 g/mol. The molecule has 0 unspecified atom stereocenters. The third kappa shape index (κ3) is 8.43. The molecule has 5 aromatic carbocycles. The summed E-state index contributed by atoms with van der Waals surface area (Å²) in [6, 6.07) is 39.7. The molecule has 1 aliphatic heterocycles. The lowest BCUT2D eigenvalue weighted by Gasteiger charge is -2.31. The van der Waals surface area contributed by atoms with Gasteiger partial charge < -0.3 is 14.6 Å². The van der Waals surface area contributed by atoms with Gasteiger partial charge in [-0.3, -0.25) is 10.2 Å². The Kier molecular flexibility index (Phi) is 11.1. The molecule has 250 valence electrons. The van der Waals surface area contributed by atoms with Gasteiger partial charge >= 0.3 is 0 Å². The number of aliphatic hydroxyl groups excluding tert-OH is 1. The van der Waals surface area contributed by atoms with Gasteiger partial charge in [-0.05, 0) is 82.8 Å². The zero-order valence-corrected chi connectivity index (χ0v) is 28.4. The van der Waals surface area contributed by atoms with Crippen LogP contribution in [0.2, 0.25) is 0 Å². The van der Waals surface area contributed by atoms with Crippen LogP contribution in [0.15, 0.2) is 137 Å². The second-order valence-corrected chi connectivity index (χ2v) is 12.8. The first-order valence-electron chi connectivity index (χ1n) is 16.2. The summed E-state index contributed by atoms with van der Waals surface area (Å²) in [6.45, 7) is 0.885. The van der Waals surface area contributed by atoms with E-state index in [2.05, 4.69) is 38.9 Å². The van der Waals surface area contributed by atoms with E-state index in [4.69, 9.17) is 19.6 Å². The van der Waals surface area contributed by atoms with Gasteiger partial charge in [-0.1, -0.05) is 94.8 Å². The van der Waals surface area contributed by atoms with Crippen LogP contribution in [0.3, 0.4) is 0 Å². The molecule has 0 aromatic heterocycles. The molecule has 0 fully saturated rings. The minimum absolute atomic E-state index is 0.0556. The Morgan fingerprint density at radius 2 is 1.49 bits per heavy atom. The van der Waals surface area contributed by atoms with Gasteiger partial charge in [0.2, 0.25) is 5.90 Å². The second kappa shape index (κ2) is 16.0. The summed E-state index contributed by atoms with van der Waals surface area (Å²) in [4.78, 5) is 19.6. The Morgan fingerprint density at radius 1 is 0.837 bits per heavy atom. The molecule has 9 heteroatoms. The monoisotopic (exact) mass is 721 g/mol. The van der Waals surface area contributed by atoms with Crippen LogP contribution in [0.25, 0.3) is 11.1 Å².